The Labute approximate surface area is 167 Å². The molecule has 0 bridgehead atoms. The lowest BCUT2D eigenvalue weighted by atomic mass is 10.1. The maximum Gasteiger partial charge on any atom is 0.345 e. The van der Waals surface area contributed by atoms with Gasteiger partial charge in [-0.25, -0.2) is 4.79 Å². The number of fused-ring (bicyclic) bond motifs is 1. The molecule has 0 radical (unpaired) electrons. The van der Waals surface area contributed by atoms with E-state index in [1.165, 1.54) is 0 Å². The highest BCUT2D eigenvalue weighted by Gasteiger charge is 2.14. The van der Waals surface area contributed by atoms with Gasteiger partial charge in [0.15, 0.2) is 11.5 Å². The topological polar surface area (TPSA) is 70.5 Å². The Morgan fingerprint density at radius 3 is 2.34 bits per heavy atom. The van der Waals surface area contributed by atoms with Gasteiger partial charge in [-0.05, 0) is 41.1 Å². The van der Waals surface area contributed by atoms with Crippen LogP contribution in [0.4, 0.5) is 0 Å². The Balaban J connectivity index is 1.56. The molecule has 6 heteroatoms. The highest BCUT2D eigenvalue weighted by molar-refractivity contribution is 6.05. The van der Waals surface area contributed by atoms with E-state index in [1.54, 1.807) is 38.5 Å². The number of carbonyl (C=O) groups is 1. The molecule has 0 N–H and O–H groups in total. The third-order valence-electron chi connectivity index (χ3n) is 4.53. The van der Waals surface area contributed by atoms with Gasteiger partial charge in [-0.15, -0.1) is 10.2 Å². The number of carbonyl (C=O) groups excluding carboxylic acids is 1. The molecule has 0 saturated heterocycles. The van der Waals surface area contributed by atoms with Crippen molar-refractivity contribution in [3.63, 3.8) is 0 Å². The van der Waals surface area contributed by atoms with Gasteiger partial charge in [-0.3, -0.25) is 0 Å². The summed E-state index contributed by atoms with van der Waals surface area (Å²) in [5.74, 6) is 0.880. The normalized spacial score (nSPS) is 10.6. The second-order valence-corrected chi connectivity index (χ2v) is 6.24. The summed E-state index contributed by atoms with van der Waals surface area (Å²) in [4.78, 5) is 12.6. The van der Waals surface area contributed by atoms with Gasteiger partial charge >= 0.3 is 5.97 Å². The molecular weight excluding hydrogens is 368 g/mol. The van der Waals surface area contributed by atoms with Gasteiger partial charge in [0, 0.05) is 11.6 Å². The fourth-order valence-corrected chi connectivity index (χ4v) is 3.08. The van der Waals surface area contributed by atoms with Crippen molar-refractivity contribution in [2.45, 2.75) is 0 Å². The number of benzene rings is 3. The number of methoxy groups -OCH3 is 2. The van der Waals surface area contributed by atoms with E-state index < -0.39 is 5.97 Å². The van der Waals surface area contributed by atoms with E-state index in [1.807, 2.05) is 48.5 Å². The molecule has 0 fully saturated rings. The predicted octanol–water partition coefficient (Wildman–Crippen LogP) is 4.53. The molecule has 0 spiro atoms. The lowest BCUT2D eigenvalue weighted by Gasteiger charge is -2.09. The third kappa shape index (κ3) is 3.73. The molecule has 1 heterocycles. The summed E-state index contributed by atoms with van der Waals surface area (Å²) in [5.41, 5.74) is 1.91. The van der Waals surface area contributed by atoms with E-state index in [-0.39, 0.29) is 5.88 Å². The highest BCUT2D eigenvalue weighted by atomic mass is 16.5. The molecule has 3 aromatic carbocycles. The van der Waals surface area contributed by atoms with Crippen LogP contribution in [-0.4, -0.2) is 30.4 Å². The predicted molar refractivity (Wildman–Crippen MR) is 109 cm³/mol. The second kappa shape index (κ2) is 7.98. The Morgan fingerprint density at radius 2 is 1.59 bits per heavy atom. The van der Waals surface area contributed by atoms with Gasteiger partial charge in [0.1, 0.15) is 0 Å². The van der Waals surface area contributed by atoms with Crippen LogP contribution in [-0.2, 0) is 0 Å². The minimum absolute atomic E-state index is 0.132. The minimum Gasteiger partial charge on any atom is -0.493 e. The van der Waals surface area contributed by atoms with Gasteiger partial charge in [0.05, 0.1) is 25.5 Å². The monoisotopic (exact) mass is 386 g/mol. The first-order chi connectivity index (χ1) is 14.2. The standard InChI is InChI=1S/C23H18N2O4/c1-27-20-12-10-16(14-21(20)28-2)19-11-13-22(25-24-19)29-23(26)18-9-5-7-15-6-3-4-8-17(15)18/h3-14H,1-2H3. The molecule has 1 aromatic heterocycles. The first-order valence-corrected chi connectivity index (χ1v) is 8.95. The zero-order chi connectivity index (χ0) is 20.2. The van der Waals surface area contributed by atoms with Crippen LogP contribution in [0.2, 0.25) is 0 Å². The Hall–Kier alpha value is -3.93. The summed E-state index contributed by atoms with van der Waals surface area (Å²) < 4.78 is 16.0. The molecule has 6 nitrogen and oxygen atoms in total. The average Bonchev–Trinajstić information content (AvgIpc) is 2.78. The maximum atomic E-state index is 12.6. The smallest absolute Gasteiger partial charge is 0.345 e. The Bertz CT molecular complexity index is 1170. The van der Waals surface area contributed by atoms with Crippen molar-refractivity contribution in [2.24, 2.45) is 0 Å². The van der Waals surface area contributed by atoms with Crippen LogP contribution in [0.3, 0.4) is 0 Å². The molecule has 0 unspecified atom stereocenters. The molecule has 0 atom stereocenters. The van der Waals surface area contributed by atoms with Crippen LogP contribution < -0.4 is 14.2 Å². The van der Waals surface area contributed by atoms with Gasteiger partial charge in [-0.1, -0.05) is 36.4 Å². The summed E-state index contributed by atoms with van der Waals surface area (Å²) in [6.45, 7) is 0. The number of hydrogen-bond donors (Lipinski definition) is 0. The van der Waals surface area contributed by atoms with Crippen molar-refractivity contribution < 1.29 is 19.0 Å². The van der Waals surface area contributed by atoms with Gasteiger partial charge in [-0.2, -0.15) is 0 Å². The number of esters is 1. The van der Waals surface area contributed by atoms with E-state index in [0.717, 1.165) is 16.3 Å². The number of ether oxygens (including phenoxy) is 3. The molecule has 4 aromatic rings. The van der Waals surface area contributed by atoms with E-state index in [9.17, 15) is 4.79 Å². The van der Waals surface area contributed by atoms with Crippen molar-refractivity contribution in [1.29, 1.82) is 0 Å². The van der Waals surface area contributed by atoms with Crippen LogP contribution in [0.1, 0.15) is 10.4 Å². The van der Waals surface area contributed by atoms with Crippen LogP contribution in [0.5, 0.6) is 17.4 Å². The fraction of sp³-hybridized carbons (Fsp3) is 0.0870. The molecule has 29 heavy (non-hydrogen) atoms. The number of hydrogen-bond acceptors (Lipinski definition) is 6. The van der Waals surface area contributed by atoms with Crippen LogP contribution in [0.25, 0.3) is 22.0 Å². The maximum absolute atomic E-state index is 12.6. The van der Waals surface area contributed by atoms with Gasteiger partial charge < -0.3 is 14.2 Å². The number of aromatic nitrogens is 2. The first kappa shape index (κ1) is 18.4. The molecule has 0 aliphatic rings. The van der Waals surface area contributed by atoms with E-state index in [0.29, 0.717) is 22.8 Å². The van der Waals surface area contributed by atoms with E-state index >= 15 is 0 Å². The van der Waals surface area contributed by atoms with Crippen LogP contribution in [0.15, 0.2) is 72.8 Å². The first-order valence-electron chi connectivity index (χ1n) is 8.95. The van der Waals surface area contributed by atoms with Gasteiger partial charge in [0.2, 0.25) is 5.88 Å². The fourth-order valence-electron chi connectivity index (χ4n) is 3.08. The van der Waals surface area contributed by atoms with Crippen molar-refractivity contribution in [3.8, 4) is 28.6 Å². The van der Waals surface area contributed by atoms with Crippen molar-refractivity contribution in [2.75, 3.05) is 14.2 Å². The second-order valence-electron chi connectivity index (χ2n) is 6.24. The summed E-state index contributed by atoms with van der Waals surface area (Å²) >= 11 is 0. The van der Waals surface area contributed by atoms with Crippen LogP contribution >= 0.6 is 0 Å². The molecule has 4 rings (SSSR count). The zero-order valence-electron chi connectivity index (χ0n) is 16.0. The van der Waals surface area contributed by atoms with Crippen molar-refractivity contribution in [1.82, 2.24) is 10.2 Å². The van der Waals surface area contributed by atoms with E-state index in [2.05, 4.69) is 10.2 Å². The van der Waals surface area contributed by atoms with E-state index in [4.69, 9.17) is 14.2 Å². The van der Waals surface area contributed by atoms with Crippen LogP contribution in [0, 0.1) is 0 Å². The molecule has 0 amide bonds. The lowest BCUT2D eigenvalue weighted by molar-refractivity contribution is 0.0728. The Morgan fingerprint density at radius 1 is 0.793 bits per heavy atom. The molecule has 0 saturated carbocycles. The van der Waals surface area contributed by atoms with Crippen molar-refractivity contribution in [3.05, 3.63) is 78.4 Å². The largest absolute Gasteiger partial charge is 0.493 e. The average molecular weight is 386 g/mol. The quantitative estimate of drug-likeness (QED) is 0.469. The molecule has 0 aliphatic carbocycles. The SMILES string of the molecule is COc1ccc(-c2ccc(OC(=O)c3cccc4ccccc34)nn2)cc1OC. The minimum atomic E-state index is -0.477. The molecule has 0 aliphatic heterocycles. The summed E-state index contributed by atoms with van der Waals surface area (Å²) in [6, 6.07) is 22.0. The Kier molecular flexibility index (Phi) is 5.07. The number of rotatable bonds is 5. The van der Waals surface area contributed by atoms with Crippen molar-refractivity contribution >= 4 is 16.7 Å². The summed E-state index contributed by atoms with van der Waals surface area (Å²) in [5, 5.41) is 10.00. The highest BCUT2D eigenvalue weighted by Crippen LogP contribution is 2.31. The zero-order valence-corrected chi connectivity index (χ0v) is 16.0. The molecule has 144 valence electrons. The summed E-state index contributed by atoms with van der Waals surface area (Å²) in [6.07, 6.45) is 0. The molecular formula is C23H18N2O4. The van der Waals surface area contributed by atoms with Gasteiger partial charge in [0.25, 0.3) is 0 Å². The number of nitrogens with zero attached hydrogens (tertiary/aromatic N) is 2. The third-order valence-corrected chi connectivity index (χ3v) is 4.53. The lowest BCUT2D eigenvalue weighted by Crippen LogP contribution is -2.10. The summed E-state index contributed by atoms with van der Waals surface area (Å²) in [7, 11) is 3.15.